The molecule has 5 atom stereocenters. The molecule has 0 spiro atoms. The van der Waals surface area contributed by atoms with E-state index in [4.69, 9.17) is 18.6 Å². The van der Waals surface area contributed by atoms with Gasteiger partial charge in [-0.1, -0.05) is 45.4 Å². The second-order valence-electron chi connectivity index (χ2n) is 15.0. The van der Waals surface area contributed by atoms with Crippen molar-refractivity contribution in [2.24, 2.45) is 17.8 Å². The maximum absolute atomic E-state index is 13.2. The average molecular weight is 718 g/mol. The molecule has 2 aromatic rings. The van der Waals surface area contributed by atoms with Crippen LogP contribution < -0.4 is 10.6 Å². The van der Waals surface area contributed by atoms with E-state index in [1.165, 1.54) is 32.1 Å². The van der Waals surface area contributed by atoms with E-state index in [2.05, 4.69) is 22.6 Å². The molecule has 2 aliphatic rings. The van der Waals surface area contributed by atoms with Gasteiger partial charge in [-0.25, -0.2) is 14.0 Å². The summed E-state index contributed by atoms with van der Waals surface area (Å²) >= 11 is 0. The summed E-state index contributed by atoms with van der Waals surface area (Å²) < 4.78 is 33.8. The third-order valence-corrected chi connectivity index (χ3v) is 9.81. The molecule has 1 saturated carbocycles. The van der Waals surface area contributed by atoms with Crippen LogP contribution in [-0.2, 0) is 23.8 Å². The van der Waals surface area contributed by atoms with E-state index in [1.54, 1.807) is 40.0 Å². The Morgan fingerprint density at radius 2 is 1.82 bits per heavy atom. The number of methoxy groups -OCH3 is 1. The van der Waals surface area contributed by atoms with Crippen LogP contribution in [0.25, 0.3) is 11.0 Å². The quantitative estimate of drug-likeness (QED) is 0.140. The zero-order chi connectivity index (χ0) is 37.6. The van der Waals surface area contributed by atoms with E-state index in [9.17, 15) is 23.6 Å². The van der Waals surface area contributed by atoms with Crippen LogP contribution in [0, 0.1) is 17.8 Å². The third kappa shape index (κ3) is 13.5. The normalized spacial score (nSPS) is 20.1. The predicted molar refractivity (Wildman–Crippen MR) is 196 cm³/mol. The molecular formula is C39H60FN3O8. The van der Waals surface area contributed by atoms with Gasteiger partial charge in [-0.2, -0.15) is 0 Å². The van der Waals surface area contributed by atoms with Gasteiger partial charge < -0.3 is 34.1 Å². The number of fused-ring (bicyclic) bond motifs is 1. The van der Waals surface area contributed by atoms with Crippen molar-refractivity contribution >= 4 is 40.9 Å². The topological polar surface area (TPSA) is 136 Å². The fraction of sp³-hybridized carbons (Fsp3) is 0.692. The lowest BCUT2D eigenvalue weighted by Crippen LogP contribution is -2.43. The van der Waals surface area contributed by atoms with Crippen molar-refractivity contribution in [1.82, 2.24) is 10.2 Å². The molecule has 2 amide bonds. The second kappa shape index (κ2) is 20.5. The monoisotopic (exact) mass is 717 g/mol. The number of nitrogens with one attached hydrogen (secondary N) is 2. The number of furan rings is 1. The Hall–Kier alpha value is -3.51. The number of aldehydes is 1. The van der Waals surface area contributed by atoms with Crippen molar-refractivity contribution in [3.63, 3.8) is 0 Å². The van der Waals surface area contributed by atoms with Gasteiger partial charge >= 0.3 is 12.1 Å². The number of rotatable bonds is 15. The summed E-state index contributed by atoms with van der Waals surface area (Å²) in [6, 6.07) is 6.45. The maximum atomic E-state index is 13.2. The highest BCUT2D eigenvalue weighted by Crippen LogP contribution is 2.39. The van der Waals surface area contributed by atoms with Crippen LogP contribution in [0.3, 0.4) is 0 Å². The van der Waals surface area contributed by atoms with Crippen LogP contribution in [0.1, 0.15) is 109 Å². The van der Waals surface area contributed by atoms with Crippen molar-refractivity contribution in [3.05, 3.63) is 30.0 Å². The Balaban J connectivity index is 0.000000319. The van der Waals surface area contributed by atoms with E-state index in [-0.39, 0.29) is 36.3 Å². The molecule has 1 aromatic carbocycles. The molecule has 2 N–H and O–H groups in total. The summed E-state index contributed by atoms with van der Waals surface area (Å²) in [5.74, 6) is 0.765. The van der Waals surface area contributed by atoms with Gasteiger partial charge in [0.15, 0.2) is 0 Å². The van der Waals surface area contributed by atoms with Gasteiger partial charge in [0.1, 0.15) is 30.8 Å². The zero-order valence-electron chi connectivity index (χ0n) is 31.6. The number of hydrogen-bond acceptors (Lipinski definition) is 9. The first-order valence-corrected chi connectivity index (χ1v) is 18.5. The highest BCUT2D eigenvalue weighted by Gasteiger charge is 2.41. The third-order valence-electron chi connectivity index (χ3n) is 9.81. The number of alkyl carbamates (subject to hydrolysis) is 1. The Morgan fingerprint density at radius 1 is 1.10 bits per heavy atom. The number of amides is 2. The molecule has 5 unspecified atom stereocenters. The van der Waals surface area contributed by atoms with Gasteiger partial charge in [0, 0.05) is 24.1 Å². The van der Waals surface area contributed by atoms with E-state index in [1.807, 2.05) is 26.0 Å². The van der Waals surface area contributed by atoms with Crippen molar-refractivity contribution in [2.75, 3.05) is 39.3 Å². The van der Waals surface area contributed by atoms with Crippen LogP contribution in [0.15, 0.2) is 28.7 Å². The Kier molecular flexibility index (Phi) is 16.9. The molecule has 1 aliphatic carbocycles. The first-order chi connectivity index (χ1) is 24.3. The molecule has 11 nitrogen and oxygen atoms in total. The number of likely N-dealkylation sites (tertiary alicyclic amines) is 1. The Bertz CT molecular complexity index is 1400. The van der Waals surface area contributed by atoms with Crippen LogP contribution in [-0.4, -0.2) is 86.9 Å². The van der Waals surface area contributed by atoms with E-state index >= 15 is 0 Å². The zero-order valence-corrected chi connectivity index (χ0v) is 31.6. The number of anilines is 1. The van der Waals surface area contributed by atoms with Gasteiger partial charge in [0.2, 0.25) is 11.7 Å². The number of hydrogen-bond donors (Lipinski definition) is 2. The molecular weight excluding hydrogens is 657 g/mol. The number of alkyl halides is 1. The number of benzene rings is 1. The number of carbonyl (C=O) groups is 4. The van der Waals surface area contributed by atoms with Crippen LogP contribution in [0.5, 0.6) is 0 Å². The van der Waals surface area contributed by atoms with Crippen molar-refractivity contribution in [2.45, 2.75) is 123 Å². The molecule has 2 fully saturated rings. The molecule has 1 aliphatic heterocycles. The largest absolute Gasteiger partial charge is 0.457 e. The van der Waals surface area contributed by atoms with Gasteiger partial charge in [-0.15, -0.1) is 0 Å². The highest BCUT2D eigenvalue weighted by atomic mass is 19.1. The molecule has 1 saturated heterocycles. The number of halogens is 1. The standard InChI is InChI=1S/C25H34N2O5.C14H26FNO3/c1-16(30-3)15-31-25(29)22-14-18-13-19(9-10-21(18)32-22)26-24(28)23-20(11-12-27(23)2)17-7-5-4-6-8-17;1-5-11(10-17)7-6-8-12(9-15)16-13(18)19-14(2,3)4/h9-10,13-14,16-17,20,23H,4-8,11-12,15H2,1-3H3,(H,26,28);10-12H,5-9H2,1-4H3,(H,16,18). The maximum Gasteiger partial charge on any atom is 0.407 e. The molecule has 1 aromatic heterocycles. The summed E-state index contributed by atoms with van der Waals surface area (Å²) in [6.07, 6.45) is 10.4. The molecule has 4 rings (SSSR count). The number of carbonyl (C=O) groups excluding carboxylic acids is 4. The first-order valence-electron chi connectivity index (χ1n) is 18.5. The SMILES string of the molecule is CCC(C=O)CCCC(CF)NC(=O)OC(C)(C)C.COC(C)COC(=O)c1cc2cc(NC(=O)C3C(C4CCCCC4)CCN3C)ccc2o1. The second-order valence-corrected chi connectivity index (χ2v) is 15.0. The van der Waals surface area contributed by atoms with Crippen molar-refractivity contribution in [3.8, 4) is 0 Å². The number of ether oxygens (including phenoxy) is 3. The summed E-state index contributed by atoms with van der Waals surface area (Å²) in [7, 11) is 3.62. The predicted octanol–water partition coefficient (Wildman–Crippen LogP) is 7.71. The van der Waals surface area contributed by atoms with Gasteiger partial charge in [0.05, 0.1) is 18.2 Å². The highest BCUT2D eigenvalue weighted by molar-refractivity contribution is 5.98. The number of esters is 1. The minimum Gasteiger partial charge on any atom is -0.457 e. The Morgan fingerprint density at radius 3 is 2.45 bits per heavy atom. The van der Waals surface area contributed by atoms with E-state index in [0.29, 0.717) is 35.9 Å². The number of nitrogens with zero attached hydrogens (tertiary/aromatic N) is 1. The van der Waals surface area contributed by atoms with Crippen LogP contribution in [0.2, 0.25) is 0 Å². The van der Waals surface area contributed by atoms with Crippen LogP contribution in [0.4, 0.5) is 14.9 Å². The Labute approximate surface area is 302 Å². The van der Waals surface area contributed by atoms with Crippen molar-refractivity contribution in [1.29, 1.82) is 0 Å². The summed E-state index contributed by atoms with van der Waals surface area (Å²) in [5, 5.41) is 6.36. The van der Waals surface area contributed by atoms with E-state index in [0.717, 1.165) is 37.5 Å². The molecule has 12 heteroatoms. The molecule has 0 bridgehead atoms. The summed E-state index contributed by atoms with van der Waals surface area (Å²) in [5.41, 5.74) is 0.696. The fourth-order valence-corrected chi connectivity index (χ4v) is 6.85. The fourth-order valence-electron chi connectivity index (χ4n) is 6.85. The minimum atomic E-state index is -0.628. The molecule has 51 heavy (non-hydrogen) atoms. The van der Waals surface area contributed by atoms with E-state index < -0.39 is 30.4 Å². The van der Waals surface area contributed by atoms with Crippen molar-refractivity contribution < 1.29 is 42.2 Å². The van der Waals surface area contributed by atoms with Crippen LogP contribution >= 0.6 is 0 Å². The summed E-state index contributed by atoms with van der Waals surface area (Å²) in [6.45, 7) is 9.54. The lowest BCUT2D eigenvalue weighted by atomic mass is 9.76. The molecule has 2 heterocycles. The number of likely N-dealkylation sites (N-methyl/N-ethyl adjacent to an activating group) is 1. The average Bonchev–Trinajstić information content (AvgIpc) is 3.71. The summed E-state index contributed by atoms with van der Waals surface area (Å²) in [4.78, 5) is 49.8. The smallest absolute Gasteiger partial charge is 0.407 e. The molecule has 0 radical (unpaired) electrons. The molecule has 286 valence electrons. The lowest BCUT2D eigenvalue weighted by molar-refractivity contribution is -0.121. The first kappa shape index (κ1) is 41.9. The minimum absolute atomic E-state index is 0.0294. The van der Waals surface area contributed by atoms with Gasteiger partial charge in [-0.05, 0) is 103 Å². The van der Waals surface area contributed by atoms with Gasteiger partial charge in [-0.3, -0.25) is 9.69 Å². The lowest BCUT2D eigenvalue weighted by Gasteiger charge is -2.32. The van der Waals surface area contributed by atoms with Gasteiger partial charge in [0.25, 0.3) is 0 Å².